The summed E-state index contributed by atoms with van der Waals surface area (Å²) in [6.07, 6.45) is 0.506. The van der Waals surface area contributed by atoms with Gasteiger partial charge in [-0.15, -0.1) is 0 Å². The van der Waals surface area contributed by atoms with Crippen molar-refractivity contribution in [1.29, 1.82) is 0 Å². The summed E-state index contributed by atoms with van der Waals surface area (Å²) in [6, 6.07) is 3.46. The van der Waals surface area contributed by atoms with Crippen LogP contribution in [0.1, 0.15) is 12.5 Å². The van der Waals surface area contributed by atoms with Crippen LogP contribution >= 0.6 is 15.9 Å². The summed E-state index contributed by atoms with van der Waals surface area (Å²) in [6.45, 7) is 1.72. The Hall–Kier alpha value is -1.23. The van der Waals surface area contributed by atoms with E-state index < -0.39 is 0 Å². The maximum absolute atomic E-state index is 9.56. The fourth-order valence-corrected chi connectivity index (χ4v) is 1.71. The van der Waals surface area contributed by atoms with Crippen LogP contribution in [0.2, 0.25) is 0 Å². The van der Waals surface area contributed by atoms with Gasteiger partial charge in [-0.25, -0.2) is 0 Å². The molecule has 1 aromatic rings. The summed E-state index contributed by atoms with van der Waals surface area (Å²) in [4.78, 5) is 0. The van der Waals surface area contributed by atoms with Gasteiger partial charge in [0.15, 0.2) is 11.5 Å². The molecule has 0 saturated carbocycles. The van der Waals surface area contributed by atoms with E-state index in [1.54, 1.807) is 19.1 Å². The highest BCUT2D eigenvalue weighted by molar-refractivity contribution is 9.10. The molecule has 0 aliphatic heterocycles. The van der Waals surface area contributed by atoms with Crippen LogP contribution in [0.3, 0.4) is 0 Å². The zero-order valence-corrected chi connectivity index (χ0v) is 10.1. The number of methoxy groups -OCH3 is 1. The van der Waals surface area contributed by atoms with Crippen molar-refractivity contribution in [1.82, 2.24) is 0 Å². The lowest BCUT2D eigenvalue weighted by atomic mass is 10.1. The standard InChI is InChI=1S/C10H12BrNO3/c1-6(12-14)3-7-4-8(11)10(13)9(5-7)15-2/h4-5,13-14H,3H2,1-2H3/b12-6+. The van der Waals surface area contributed by atoms with Gasteiger partial charge < -0.3 is 15.1 Å². The van der Waals surface area contributed by atoms with Crippen molar-refractivity contribution >= 4 is 21.6 Å². The van der Waals surface area contributed by atoms with Crippen LogP contribution in [0.5, 0.6) is 11.5 Å². The van der Waals surface area contributed by atoms with Gasteiger partial charge in [0.1, 0.15) is 0 Å². The number of oxime groups is 1. The van der Waals surface area contributed by atoms with E-state index in [1.807, 2.05) is 0 Å². The normalized spacial score (nSPS) is 11.5. The number of benzene rings is 1. The van der Waals surface area contributed by atoms with E-state index in [2.05, 4.69) is 21.1 Å². The Morgan fingerprint density at radius 3 is 2.73 bits per heavy atom. The molecule has 82 valence electrons. The number of hydrogen-bond acceptors (Lipinski definition) is 4. The zero-order valence-electron chi connectivity index (χ0n) is 8.49. The Balaban J connectivity index is 3.06. The van der Waals surface area contributed by atoms with Gasteiger partial charge in [0.05, 0.1) is 17.3 Å². The molecule has 0 aromatic heterocycles. The molecule has 5 heteroatoms. The minimum Gasteiger partial charge on any atom is -0.503 e. The van der Waals surface area contributed by atoms with Crippen molar-refractivity contribution in [2.45, 2.75) is 13.3 Å². The maximum Gasteiger partial charge on any atom is 0.172 e. The number of phenols is 1. The van der Waals surface area contributed by atoms with Crippen LogP contribution in [-0.2, 0) is 6.42 Å². The van der Waals surface area contributed by atoms with Gasteiger partial charge >= 0.3 is 0 Å². The Labute approximate surface area is 96.3 Å². The predicted octanol–water partition coefficient (Wildman–Crippen LogP) is 2.56. The fraction of sp³-hybridized carbons (Fsp3) is 0.300. The molecule has 0 bridgehead atoms. The summed E-state index contributed by atoms with van der Waals surface area (Å²) in [7, 11) is 1.48. The molecule has 0 aliphatic carbocycles. The second kappa shape index (κ2) is 5.02. The van der Waals surface area contributed by atoms with E-state index in [4.69, 9.17) is 9.94 Å². The third-order valence-electron chi connectivity index (χ3n) is 1.94. The maximum atomic E-state index is 9.56. The molecule has 0 radical (unpaired) electrons. The number of hydrogen-bond donors (Lipinski definition) is 2. The van der Waals surface area contributed by atoms with Crippen molar-refractivity contribution in [3.05, 3.63) is 22.2 Å². The van der Waals surface area contributed by atoms with Crippen molar-refractivity contribution in [2.24, 2.45) is 5.16 Å². The predicted molar refractivity (Wildman–Crippen MR) is 61.0 cm³/mol. The van der Waals surface area contributed by atoms with Crippen LogP contribution < -0.4 is 4.74 Å². The number of nitrogens with zero attached hydrogens (tertiary/aromatic N) is 1. The van der Waals surface area contributed by atoms with Gasteiger partial charge in [-0.3, -0.25) is 0 Å². The molecule has 0 heterocycles. The van der Waals surface area contributed by atoms with Gasteiger partial charge in [0.25, 0.3) is 0 Å². The largest absolute Gasteiger partial charge is 0.503 e. The molecule has 1 rings (SSSR count). The third-order valence-corrected chi connectivity index (χ3v) is 2.54. The average Bonchev–Trinajstić information content (AvgIpc) is 2.22. The summed E-state index contributed by atoms with van der Waals surface area (Å²) in [5, 5.41) is 21.2. The molecule has 15 heavy (non-hydrogen) atoms. The summed E-state index contributed by atoms with van der Waals surface area (Å²) >= 11 is 3.22. The van der Waals surface area contributed by atoms with E-state index in [-0.39, 0.29) is 5.75 Å². The van der Waals surface area contributed by atoms with Gasteiger partial charge in [0, 0.05) is 6.42 Å². The third kappa shape index (κ3) is 2.86. The van der Waals surface area contributed by atoms with Gasteiger partial charge in [-0.1, -0.05) is 5.16 Å². The van der Waals surface area contributed by atoms with Crippen molar-refractivity contribution in [3.63, 3.8) is 0 Å². The van der Waals surface area contributed by atoms with Crippen molar-refractivity contribution < 1.29 is 15.1 Å². The first-order valence-corrected chi connectivity index (χ1v) is 5.10. The highest BCUT2D eigenvalue weighted by Crippen LogP contribution is 2.35. The molecule has 0 atom stereocenters. The molecule has 0 unspecified atom stereocenters. The van der Waals surface area contributed by atoms with Crippen LogP contribution in [0.25, 0.3) is 0 Å². The lowest BCUT2D eigenvalue weighted by Gasteiger charge is -2.08. The topological polar surface area (TPSA) is 62.0 Å². The minimum absolute atomic E-state index is 0.0693. The van der Waals surface area contributed by atoms with Crippen molar-refractivity contribution in [3.8, 4) is 11.5 Å². The van der Waals surface area contributed by atoms with Crippen LogP contribution in [0, 0.1) is 0 Å². The number of phenolic OH excluding ortho intramolecular Hbond substituents is 1. The van der Waals surface area contributed by atoms with E-state index in [0.717, 1.165) is 5.56 Å². The smallest absolute Gasteiger partial charge is 0.172 e. The van der Waals surface area contributed by atoms with Crippen LogP contribution in [0.15, 0.2) is 21.8 Å². The molecular weight excluding hydrogens is 262 g/mol. The number of ether oxygens (including phenoxy) is 1. The summed E-state index contributed by atoms with van der Waals surface area (Å²) < 4.78 is 5.56. The molecule has 0 amide bonds. The van der Waals surface area contributed by atoms with Gasteiger partial charge in [0.2, 0.25) is 0 Å². The number of rotatable bonds is 3. The number of halogens is 1. The molecule has 0 fully saturated rings. The zero-order chi connectivity index (χ0) is 11.4. The fourth-order valence-electron chi connectivity index (χ4n) is 1.22. The molecule has 0 aliphatic rings. The minimum atomic E-state index is 0.0693. The quantitative estimate of drug-likeness (QED) is 0.506. The van der Waals surface area contributed by atoms with E-state index in [0.29, 0.717) is 22.4 Å². The lowest BCUT2D eigenvalue weighted by Crippen LogP contribution is -1.98. The van der Waals surface area contributed by atoms with Crippen LogP contribution in [0.4, 0.5) is 0 Å². The first-order valence-electron chi connectivity index (χ1n) is 4.31. The van der Waals surface area contributed by atoms with Crippen molar-refractivity contribution in [2.75, 3.05) is 7.11 Å². The first kappa shape index (κ1) is 11.8. The molecule has 2 N–H and O–H groups in total. The molecule has 1 aromatic carbocycles. The highest BCUT2D eigenvalue weighted by atomic mass is 79.9. The molecule has 0 spiro atoms. The molecular formula is C10H12BrNO3. The van der Waals surface area contributed by atoms with E-state index in [1.165, 1.54) is 7.11 Å². The summed E-state index contributed by atoms with van der Waals surface area (Å²) in [5.41, 5.74) is 1.49. The Kier molecular flexibility index (Phi) is 3.96. The van der Waals surface area contributed by atoms with Gasteiger partial charge in [-0.2, -0.15) is 0 Å². The SMILES string of the molecule is COc1cc(C/C(C)=N/O)cc(Br)c1O. The Morgan fingerprint density at radius 1 is 1.53 bits per heavy atom. The van der Waals surface area contributed by atoms with Gasteiger partial charge in [-0.05, 0) is 40.5 Å². The first-order chi connectivity index (χ1) is 7.08. The molecule has 0 saturated heterocycles. The Bertz CT molecular complexity index is 390. The monoisotopic (exact) mass is 273 g/mol. The Morgan fingerprint density at radius 2 is 2.20 bits per heavy atom. The lowest BCUT2D eigenvalue weighted by molar-refractivity contribution is 0.317. The number of aromatic hydroxyl groups is 1. The second-order valence-electron chi connectivity index (χ2n) is 3.14. The average molecular weight is 274 g/mol. The highest BCUT2D eigenvalue weighted by Gasteiger charge is 2.09. The molecule has 4 nitrogen and oxygen atoms in total. The van der Waals surface area contributed by atoms with Crippen LogP contribution in [-0.4, -0.2) is 23.1 Å². The second-order valence-corrected chi connectivity index (χ2v) is 3.99. The summed E-state index contributed by atoms with van der Waals surface area (Å²) in [5.74, 6) is 0.463. The van der Waals surface area contributed by atoms with E-state index in [9.17, 15) is 5.11 Å². The van der Waals surface area contributed by atoms with E-state index >= 15 is 0 Å².